The number of carboxylic acids is 1. The third-order valence-electron chi connectivity index (χ3n) is 9.94. The topological polar surface area (TPSA) is 211 Å². The summed E-state index contributed by atoms with van der Waals surface area (Å²) in [5.74, 6) is -3.44. The van der Waals surface area contributed by atoms with E-state index < -0.39 is 52.0 Å². The lowest BCUT2D eigenvalue weighted by Crippen LogP contribution is -2.53. The van der Waals surface area contributed by atoms with E-state index >= 15 is 0 Å². The molecule has 56 heavy (non-hydrogen) atoms. The van der Waals surface area contributed by atoms with Crippen molar-refractivity contribution in [3.8, 4) is 0 Å². The van der Waals surface area contributed by atoms with E-state index in [0.717, 1.165) is 9.87 Å². The number of amides is 5. The maximum Gasteiger partial charge on any atom is 0.326 e. The third-order valence-corrected chi connectivity index (χ3v) is 11.9. The Morgan fingerprint density at radius 3 is 2.21 bits per heavy atom. The van der Waals surface area contributed by atoms with Crippen LogP contribution in [0.25, 0.3) is 0 Å². The number of ketones is 1. The van der Waals surface area contributed by atoms with Gasteiger partial charge in [0.05, 0.1) is 11.3 Å². The van der Waals surface area contributed by atoms with Gasteiger partial charge in [0.25, 0.3) is 0 Å². The van der Waals surface area contributed by atoms with E-state index in [1.807, 2.05) is 39.0 Å². The monoisotopic (exact) mass is 790 g/mol. The maximum absolute atomic E-state index is 13.5. The first-order chi connectivity index (χ1) is 26.5. The fourth-order valence-corrected chi connectivity index (χ4v) is 8.11. The molecule has 4 rings (SSSR count). The van der Waals surface area contributed by atoms with Gasteiger partial charge >= 0.3 is 12.0 Å². The van der Waals surface area contributed by atoms with Crippen LogP contribution in [-0.4, -0.2) is 96.5 Å². The van der Waals surface area contributed by atoms with Gasteiger partial charge in [-0.05, 0) is 80.5 Å². The van der Waals surface area contributed by atoms with Crippen LogP contribution >= 0.6 is 0 Å². The normalized spacial score (nSPS) is 15.8. The highest BCUT2D eigenvalue weighted by molar-refractivity contribution is 7.89. The van der Waals surface area contributed by atoms with Crippen molar-refractivity contribution in [3.05, 3.63) is 89.5 Å². The van der Waals surface area contributed by atoms with Gasteiger partial charge < -0.3 is 31.3 Å². The van der Waals surface area contributed by atoms with Crippen LogP contribution < -0.4 is 21.3 Å². The highest BCUT2D eigenvalue weighted by Gasteiger charge is 2.40. The number of benzene rings is 3. The van der Waals surface area contributed by atoms with Crippen molar-refractivity contribution in [2.45, 2.75) is 82.8 Å². The molecule has 1 aliphatic rings. The molecule has 0 saturated carbocycles. The first-order valence-electron chi connectivity index (χ1n) is 18.4. The van der Waals surface area contributed by atoms with Gasteiger partial charge in [-0.15, -0.1) is 0 Å². The lowest BCUT2D eigenvalue weighted by atomic mass is 9.96. The lowest BCUT2D eigenvalue weighted by Gasteiger charge is -2.32. The van der Waals surface area contributed by atoms with Crippen LogP contribution in [0, 0.1) is 12.8 Å². The Bertz CT molecular complexity index is 2020. The summed E-state index contributed by atoms with van der Waals surface area (Å²) in [6.45, 7) is 6.87. The van der Waals surface area contributed by atoms with E-state index in [-0.39, 0.29) is 54.9 Å². The van der Waals surface area contributed by atoms with E-state index in [1.54, 1.807) is 30.3 Å². The molecule has 5 N–H and O–H groups in total. The number of carbonyl (C=O) groups excluding carboxylic acids is 5. The van der Waals surface area contributed by atoms with Crippen LogP contribution in [0.3, 0.4) is 0 Å². The van der Waals surface area contributed by atoms with Gasteiger partial charge in [0.15, 0.2) is 5.78 Å². The highest BCUT2D eigenvalue weighted by Crippen LogP contribution is 2.27. The largest absolute Gasteiger partial charge is 0.480 e. The van der Waals surface area contributed by atoms with Gasteiger partial charge in [-0.2, -0.15) is 4.31 Å². The summed E-state index contributed by atoms with van der Waals surface area (Å²) in [5.41, 5.74) is 3.12. The zero-order chi connectivity index (χ0) is 41.2. The molecule has 1 aliphatic heterocycles. The van der Waals surface area contributed by atoms with Gasteiger partial charge in [0.1, 0.15) is 18.1 Å². The Balaban J connectivity index is 1.32. The predicted octanol–water partition coefficient (Wildman–Crippen LogP) is 4.19. The number of urea groups is 1. The molecule has 4 atom stereocenters. The number of rotatable bonds is 17. The molecule has 3 aromatic carbocycles. The number of hydrogen-bond donors (Lipinski definition) is 5. The Kier molecular flexibility index (Phi) is 14.9. The third kappa shape index (κ3) is 11.0. The van der Waals surface area contributed by atoms with Crippen molar-refractivity contribution in [1.82, 2.24) is 19.8 Å². The standard InChI is InChI=1S/C40H50N6O9S/c1-6-25(2)36(45(5)35(48)24-28-13-17-30(18-14-28)42-40(53)44-32-11-8-7-10-26(32)3)38(50)41-22-21-33(39(51)52)43-37(49)34-12-9-23-46(34)56(54,55)31-19-15-29(16-20-31)27(4)47/h7-8,10-11,13-20,25,33-34,36H,6,9,12,21-24H2,1-5H3,(H,41,50)(H,43,49)(H,51,52)(H2,42,44,53)/t25?,33-,34-,36-/m0/s1. The molecule has 0 spiro atoms. The van der Waals surface area contributed by atoms with Crippen LogP contribution in [-0.2, 0) is 35.6 Å². The SMILES string of the molecule is CCC(C)[C@@H](C(=O)NCC[C@H](NC(=O)[C@@H]1CCCN1S(=O)(=O)c1ccc(C(C)=O)cc1)C(=O)O)N(C)C(=O)Cc1ccc(NC(=O)Nc2ccccc2C)cc1. The number of carboxylic acid groups (broad SMARTS) is 1. The number of anilines is 2. The minimum atomic E-state index is -4.13. The number of carbonyl (C=O) groups is 6. The lowest BCUT2D eigenvalue weighted by molar-refractivity contribution is -0.142. The first-order valence-corrected chi connectivity index (χ1v) is 19.9. The average Bonchev–Trinajstić information content (AvgIpc) is 3.67. The van der Waals surface area contributed by atoms with Crippen molar-refractivity contribution < 1.29 is 42.3 Å². The van der Waals surface area contributed by atoms with Gasteiger partial charge in [0.2, 0.25) is 27.7 Å². The molecular weight excluding hydrogens is 741 g/mol. The van der Waals surface area contributed by atoms with Crippen LogP contribution in [0.5, 0.6) is 0 Å². The summed E-state index contributed by atoms with van der Waals surface area (Å²) in [5, 5.41) is 20.6. The fraction of sp³-hybridized carbons (Fsp3) is 0.400. The van der Waals surface area contributed by atoms with Gasteiger partial charge in [-0.1, -0.05) is 62.7 Å². The Hall–Kier alpha value is -5.61. The number of aliphatic carboxylic acids is 1. The van der Waals surface area contributed by atoms with Crippen molar-refractivity contribution >= 4 is 56.9 Å². The first kappa shape index (κ1) is 43.1. The van der Waals surface area contributed by atoms with E-state index in [9.17, 15) is 42.3 Å². The van der Waals surface area contributed by atoms with E-state index in [4.69, 9.17) is 0 Å². The maximum atomic E-state index is 13.5. The van der Waals surface area contributed by atoms with Crippen molar-refractivity contribution in [1.29, 1.82) is 0 Å². The fourth-order valence-electron chi connectivity index (χ4n) is 6.45. The molecule has 0 aliphatic carbocycles. The summed E-state index contributed by atoms with van der Waals surface area (Å²) in [6, 6.07) is 15.7. The smallest absolute Gasteiger partial charge is 0.326 e. The second kappa shape index (κ2) is 19.3. The van der Waals surface area contributed by atoms with Gasteiger partial charge in [-0.3, -0.25) is 19.2 Å². The molecule has 3 aromatic rings. The molecule has 15 nitrogen and oxygen atoms in total. The van der Waals surface area contributed by atoms with Crippen LogP contribution in [0.1, 0.15) is 67.9 Å². The predicted molar refractivity (Wildman–Crippen MR) is 211 cm³/mol. The summed E-state index contributed by atoms with van der Waals surface area (Å²) in [6.07, 6.45) is 0.916. The number of Topliss-reactive ketones (excluding diaryl/α,β-unsaturated/α-hetero) is 1. The molecule has 1 saturated heterocycles. The molecule has 0 radical (unpaired) electrons. The zero-order valence-corrected chi connectivity index (χ0v) is 33.0. The van der Waals surface area contributed by atoms with Gasteiger partial charge in [0, 0.05) is 37.1 Å². The molecule has 1 unspecified atom stereocenters. The Morgan fingerprint density at radius 2 is 1.61 bits per heavy atom. The Morgan fingerprint density at radius 1 is 0.946 bits per heavy atom. The second-order valence-electron chi connectivity index (χ2n) is 13.9. The van der Waals surface area contributed by atoms with Crippen LogP contribution in [0.2, 0.25) is 0 Å². The molecule has 0 aromatic heterocycles. The number of nitrogens with zero attached hydrogens (tertiary/aromatic N) is 2. The molecular formula is C40H50N6O9S. The summed E-state index contributed by atoms with van der Waals surface area (Å²) in [4.78, 5) is 77.8. The molecule has 0 bridgehead atoms. The second-order valence-corrected chi connectivity index (χ2v) is 15.8. The summed E-state index contributed by atoms with van der Waals surface area (Å²) >= 11 is 0. The number of hydrogen-bond acceptors (Lipinski definition) is 8. The average molecular weight is 791 g/mol. The quantitative estimate of drug-likeness (QED) is 0.124. The zero-order valence-electron chi connectivity index (χ0n) is 32.2. The van der Waals surface area contributed by atoms with E-state index in [0.29, 0.717) is 35.3 Å². The molecule has 1 heterocycles. The minimum absolute atomic E-state index is 0.0167. The van der Waals surface area contributed by atoms with Crippen molar-refractivity contribution in [3.63, 3.8) is 0 Å². The Labute approximate surface area is 327 Å². The highest BCUT2D eigenvalue weighted by atomic mass is 32.2. The number of likely N-dealkylation sites (N-methyl/N-ethyl adjacent to an activating group) is 1. The molecule has 5 amide bonds. The number of para-hydroxylation sites is 1. The van der Waals surface area contributed by atoms with Crippen molar-refractivity contribution in [2.24, 2.45) is 5.92 Å². The summed E-state index contributed by atoms with van der Waals surface area (Å²) < 4.78 is 27.9. The van der Waals surface area contributed by atoms with Gasteiger partial charge in [-0.25, -0.2) is 18.0 Å². The van der Waals surface area contributed by atoms with Crippen LogP contribution in [0.15, 0.2) is 77.7 Å². The minimum Gasteiger partial charge on any atom is -0.480 e. The molecule has 16 heteroatoms. The van der Waals surface area contributed by atoms with Crippen LogP contribution in [0.4, 0.5) is 16.2 Å². The molecule has 1 fully saturated rings. The van der Waals surface area contributed by atoms with E-state index in [2.05, 4.69) is 21.3 Å². The number of nitrogens with one attached hydrogen (secondary N) is 4. The van der Waals surface area contributed by atoms with Crippen molar-refractivity contribution in [2.75, 3.05) is 30.8 Å². The number of sulfonamides is 1. The van der Waals surface area contributed by atoms with E-state index in [1.165, 1.54) is 43.1 Å². The molecule has 300 valence electrons. The summed E-state index contributed by atoms with van der Waals surface area (Å²) in [7, 11) is -2.59. The number of aryl methyl sites for hydroxylation is 1.